The van der Waals surface area contributed by atoms with Crippen molar-refractivity contribution >= 4 is 5.82 Å². The van der Waals surface area contributed by atoms with Gasteiger partial charge >= 0.3 is 0 Å². The number of nitrogens with one attached hydrogen (secondary N) is 1. The average molecular weight is 180 g/mol. The molecule has 0 aliphatic carbocycles. The van der Waals surface area contributed by atoms with Gasteiger partial charge in [-0.3, -0.25) is 4.68 Å². The molecule has 4 nitrogen and oxygen atoms in total. The maximum atomic E-state index is 4.48. The van der Waals surface area contributed by atoms with Gasteiger partial charge in [-0.1, -0.05) is 0 Å². The first kappa shape index (κ1) is 8.56. The number of hydrogen-bond donors (Lipinski definition) is 1. The molecule has 0 bridgehead atoms. The minimum Gasteiger partial charge on any atom is -0.373 e. The highest BCUT2D eigenvalue weighted by Gasteiger charge is 2.20. The summed E-state index contributed by atoms with van der Waals surface area (Å²) in [6, 6.07) is 0. The first-order chi connectivity index (χ1) is 6.22. The van der Waals surface area contributed by atoms with Crippen molar-refractivity contribution in [1.29, 1.82) is 0 Å². The SMILES string of the molecule is CNc1c2c(nn1C)CN(C)CC2. The van der Waals surface area contributed by atoms with Crippen LogP contribution in [0.2, 0.25) is 0 Å². The molecule has 1 N–H and O–H groups in total. The summed E-state index contributed by atoms with van der Waals surface area (Å²) in [5.74, 6) is 1.17. The fraction of sp³-hybridized carbons (Fsp3) is 0.667. The van der Waals surface area contributed by atoms with E-state index in [4.69, 9.17) is 0 Å². The second kappa shape index (κ2) is 3.03. The minimum absolute atomic E-state index is 0.977. The van der Waals surface area contributed by atoms with Gasteiger partial charge < -0.3 is 10.2 Å². The van der Waals surface area contributed by atoms with Crippen LogP contribution in [0.4, 0.5) is 5.82 Å². The van der Waals surface area contributed by atoms with Gasteiger partial charge in [-0.2, -0.15) is 5.10 Å². The van der Waals surface area contributed by atoms with Crippen molar-refractivity contribution in [2.75, 3.05) is 26.0 Å². The molecule has 0 aromatic carbocycles. The number of nitrogens with zero attached hydrogens (tertiary/aromatic N) is 3. The van der Waals surface area contributed by atoms with Crippen LogP contribution in [0.25, 0.3) is 0 Å². The van der Waals surface area contributed by atoms with E-state index in [1.807, 2.05) is 18.8 Å². The Balaban J connectivity index is 2.41. The third-order valence-corrected chi connectivity index (χ3v) is 2.63. The summed E-state index contributed by atoms with van der Waals surface area (Å²) in [6.45, 7) is 2.11. The van der Waals surface area contributed by atoms with Crippen LogP contribution in [0.1, 0.15) is 11.3 Å². The Kier molecular flexibility index (Phi) is 2.00. The smallest absolute Gasteiger partial charge is 0.127 e. The van der Waals surface area contributed by atoms with Gasteiger partial charge in [0.2, 0.25) is 0 Å². The second-order valence-corrected chi connectivity index (χ2v) is 3.64. The average Bonchev–Trinajstić information content (AvgIpc) is 2.39. The van der Waals surface area contributed by atoms with Gasteiger partial charge in [-0.05, 0) is 13.5 Å². The number of fused-ring (bicyclic) bond motifs is 1. The molecule has 0 atom stereocenters. The fourth-order valence-electron chi connectivity index (χ4n) is 1.96. The molecule has 72 valence electrons. The summed E-state index contributed by atoms with van der Waals surface area (Å²) < 4.78 is 1.93. The maximum Gasteiger partial charge on any atom is 0.127 e. The number of aromatic nitrogens is 2. The van der Waals surface area contributed by atoms with E-state index in [-0.39, 0.29) is 0 Å². The highest BCUT2D eigenvalue weighted by Crippen LogP contribution is 2.23. The molecule has 1 aromatic rings. The van der Waals surface area contributed by atoms with E-state index >= 15 is 0 Å². The Morgan fingerprint density at radius 2 is 2.15 bits per heavy atom. The predicted octanol–water partition coefficient (Wildman–Crippen LogP) is 0.450. The molecule has 0 fully saturated rings. The van der Waals surface area contributed by atoms with Crippen LogP contribution < -0.4 is 5.32 Å². The summed E-state index contributed by atoms with van der Waals surface area (Å²) in [5.41, 5.74) is 2.61. The van der Waals surface area contributed by atoms with Crippen molar-refractivity contribution < 1.29 is 0 Å². The number of likely N-dealkylation sites (N-methyl/N-ethyl adjacent to an activating group) is 1. The summed E-state index contributed by atoms with van der Waals surface area (Å²) in [5, 5.41) is 7.69. The normalized spacial score (nSPS) is 17.2. The van der Waals surface area contributed by atoms with E-state index in [0.717, 1.165) is 19.5 Å². The third kappa shape index (κ3) is 1.31. The first-order valence-electron chi connectivity index (χ1n) is 4.63. The molecular weight excluding hydrogens is 164 g/mol. The zero-order valence-corrected chi connectivity index (χ0v) is 8.46. The fourth-order valence-corrected chi connectivity index (χ4v) is 1.96. The molecule has 0 saturated carbocycles. The predicted molar refractivity (Wildman–Crippen MR) is 52.8 cm³/mol. The van der Waals surface area contributed by atoms with E-state index in [1.165, 1.54) is 17.1 Å². The van der Waals surface area contributed by atoms with Gasteiger partial charge in [0.1, 0.15) is 5.82 Å². The van der Waals surface area contributed by atoms with Gasteiger partial charge in [0.15, 0.2) is 0 Å². The number of rotatable bonds is 1. The zero-order valence-electron chi connectivity index (χ0n) is 8.46. The maximum absolute atomic E-state index is 4.48. The lowest BCUT2D eigenvalue weighted by molar-refractivity contribution is 0.308. The Morgan fingerprint density at radius 1 is 1.38 bits per heavy atom. The Hall–Kier alpha value is -1.03. The van der Waals surface area contributed by atoms with E-state index in [1.54, 1.807) is 0 Å². The highest BCUT2D eigenvalue weighted by atomic mass is 15.3. The number of aryl methyl sites for hydroxylation is 1. The zero-order chi connectivity index (χ0) is 9.42. The van der Waals surface area contributed by atoms with Crippen molar-refractivity contribution in [1.82, 2.24) is 14.7 Å². The van der Waals surface area contributed by atoms with Crippen LogP contribution >= 0.6 is 0 Å². The van der Waals surface area contributed by atoms with Gasteiger partial charge in [-0.25, -0.2) is 0 Å². The number of anilines is 1. The Bertz CT molecular complexity index is 316. The largest absolute Gasteiger partial charge is 0.373 e. The second-order valence-electron chi connectivity index (χ2n) is 3.64. The third-order valence-electron chi connectivity index (χ3n) is 2.63. The molecule has 2 heterocycles. The molecule has 4 heteroatoms. The molecule has 13 heavy (non-hydrogen) atoms. The molecule has 2 rings (SSSR count). The van der Waals surface area contributed by atoms with Crippen LogP contribution in [0.5, 0.6) is 0 Å². The molecule has 0 saturated heterocycles. The van der Waals surface area contributed by atoms with Crippen molar-refractivity contribution in [3.8, 4) is 0 Å². The molecular formula is C9H16N4. The lowest BCUT2D eigenvalue weighted by atomic mass is 10.1. The topological polar surface area (TPSA) is 33.1 Å². The Morgan fingerprint density at radius 3 is 2.85 bits per heavy atom. The summed E-state index contributed by atoms with van der Waals surface area (Å²) in [4.78, 5) is 2.30. The lowest BCUT2D eigenvalue weighted by Gasteiger charge is -2.21. The summed E-state index contributed by atoms with van der Waals surface area (Å²) in [6.07, 6.45) is 1.11. The van der Waals surface area contributed by atoms with E-state index < -0.39 is 0 Å². The monoisotopic (exact) mass is 180 g/mol. The van der Waals surface area contributed by atoms with Crippen LogP contribution in [0.3, 0.4) is 0 Å². The molecule has 0 unspecified atom stereocenters. The quantitative estimate of drug-likeness (QED) is 0.681. The standard InChI is InChI=1S/C9H16N4/c1-10-9-7-4-5-12(2)6-8(7)11-13(9)3/h10H,4-6H2,1-3H3. The van der Waals surface area contributed by atoms with Gasteiger partial charge in [0.25, 0.3) is 0 Å². The summed E-state index contributed by atoms with van der Waals surface area (Å²) in [7, 11) is 6.08. The molecule has 0 radical (unpaired) electrons. The van der Waals surface area contributed by atoms with Gasteiger partial charge in [-0.15, -0.1) is 0 Å². The van der Waals surface area contributed by atoms with Crippen molar-refractivity contribution in [2.45, 2.75) is 13.0 Å². The van der Waals surface area contributed by atoms with Crippen molar-refractivity contribution in [3.05, 3.63) is 11.3 Å². The van der Waals surface area contributed by atoms with Crippen molar-refractivity contribution in [3.63, 3.8) is 0 Å². The van der Waals surface area contributed by atoms with Gasteiger partial charge in [0, 0.05) is 32.7 Å². The van der Waals surface area contributed by atoms with Crippen LogP contribution in [-0.2, 0) is 20.0 Å². The van der Waals surface area contributed by atoms with Gasteiger partial charge in [0.05, 0.1) is 5.69 Å². The molecule has 0 spiro atoms. The van der Waals surface area contributed by atoms with Crippen LogP contribution in [0, 0.1) is 0 Å². The lowest BCUT2D eigenvalue weighted by Crippen LogP contribution is -2.26. The highest BCUT2D eigenvalue weighted by molar-refractivity contribution is 5.48. The Labute approximate surface area is 78.5 Å². The van der Waals surface area contributed by atoms with E-state index in [2.05, 4.69) is 22.4 Å². The molecule has 1 aliphatic heterocycles. The van der Waals surface area contributed by atoms with E-state index in [9.17, 15) is 0 Å². The first-order valence-corrected chi connectivity index (χ1v) is 4.63. The van der Waals surface area contributed by atoms with Crippen LogP contribution in [0.15, 0.2) is 0 Å². The molecule has 1 aliphatic rings. The van der Waals surface area contributed by atoms with Crippen LogP contribution in [-0.4, -0.2) is 35.3 Å². The minimum atomic E-state index is 0.977. The molecule has 1 aromatic heterocycles. The molecule has 0 amide bonds. The van der Waals surface area contributed by atoms with E-state index in [0.29, 0.717) is 0 Å². The van der Waals surface area contributed by atoms with Crippen molar-refractivity contribution in [2.24, 2.45) is 7.05 Å². The summed E-state index contributed by atoms with van der Waals surface area (Å²) >= 11 is 0. The number of hydrogen-bond acceptors (Lipinski definition) is 3.